The van der Waals surface area contributed by atoms with Gasteiger partial charge in [0.2, 0.25) is 0 Å². The van der Waals surface area contributed by atoms with Crippen LogP contribution in [0.25, 0.3) is 10.9 Å². The van der Waals surface area contributed by atoms with Crippen molar-refractivity contribution in [2.75, 3.05) is 0 Å². The van der Waals surface area contributed by atoms with Gasteiger partial charge in [-0.15, -0.1) is 0 Å². The molecule has 1 nitrogen and oxygen atoms in total. The van der Waals surface area contributed by atoms with Crippen molar-refractivity contribution in [2.24, 2.45) is 0 Å². The van der Waals surface area contributed by atoms with Crippen molar-refractivity contribution in [1.82, 2.24) is 4.98 Å². The zero-order chi connectivity index (χ0) is 13.1. The molecular formula is C18H25N. The van der Waals surface area contributed by atoms with E-state index in [2.05, 4.69) is 42.2 Å². The molecule has 1 aliphatic carbocycles. The Hall–Kier alpha value is -1.24. The fourth-order valence-corrected chi connectivity index (χ4v) is 3.53. The summed E-state index contributed by atoms with van der Waals surface area (Å²) in [6, 6.07) is 11.0. The fraction of sp³-hybridized carbons (Fsp3) is 0.556. The minimum absolute atomic E-state index is 0.351. The topological polar surface area (TPSA) is 15.8 Å². The first-order chi connectivity index (χ1) is 9.28. The van der Waals surface area contributed by atoms with E-state index in [-0.39, 0.29) is 0 Å². The molecule has 2 aromatic rings. The molecular weight excluding hydrogens is 230 g/mol. The van der Waals surface area contributed by atoms with Crippen LogP contribution in [0.5, 0.6) is 0 Å². The van der Waals surface area contributed by atoms with Crippen LogP contribution in [0.2, 0.25) is 0 Å². The summed E-state index contributed by atoms with van der Waals surface area (Å²) >= 11 is 0. The highest BCUT2D eigenvalue weighted by Gasteiger charge is 2.28. The van der Waals surface area contributed by atoms with Crippen LogP contribution < -0.4 is 0 Å². The summed E-state index contributed by atoms with van der Waals surface area (Å²) in [6.45, 7) is 2.46. The van der Waals surface area contributed by atoms with E-state index in [1.807, 2.05) is 0 Å². The van der Waals surface area contributed by atoms with Gasteiger partial charge in [0.1, 0.15) is 0 Å². The predicted octanol–water partition coefficient (Wildman–Crippen LogP) is 5.56. The molecule has 0 aliphatic heterocycles. The van der Waals surface area contributed by atoms with Crippen LogP contribution in [-0.4, -0.2) is 4.98 Å². The second-order valence-electron chi connectivity index (χ2n) is 6.45. The Labute approximate surface area is 116 Å². The zero-order valence-electron chi connectivity index (χ0n) is 12.0. The van der Waals surface area contributed by atoms with Gasteiger partial charge in [-0.3, -0.25) is 0 Å². The van der Waals surface area contributed by atoms with Crippen molar-refractivity contribution in [1.29, 1.82) is 0 Å². The Morgan fingerprint density at radius 1 is 0.895 bits per heavy atom. The van der Waals surface area contributed by atoms with Crippen LogP contribution in [0.3, 0.4) is 0 Å². The van der Waals surface area contributed by atoms with Gasteiger partial charge in [0.25, 0.3) is 0 Å². The summed E-state index contributed by atoms with van der Waals surface area (Å²) in [4.78, 5) is 3.67. The highest BCUT2D eigenvalue weighted by atomic mass is 14.7. The lowest BCUT2D eigenvalue weighted by Gasteiger charge is -2.28. The highest BCUT2D eigenvalue weighted by molar-refractivity contribution is 5.80. The molecule has 1 aromatic carbocycles. The maximum Gasteiger partial charge on any atom is 0.0456 e. The number of rotatable bonds is 1. The van der Waals surface area contributed by atoms with Gasteiger partial charge in [-0.25, -0.2) is 0 Å². The molecule has 1 saturated carbocycles. The molecule has 1 N–H and O–H groups in total. The molecule has 0 unspecified atom stereocenters. The third-order valence-electron chi connectivity index (χ3n) is 4.89. The standard InChI is InChI=1S/C18H25N/c1-18(12-8-4-2-3-5-9-13-18)17-14-15-10-6-7-11-16(15)19-17/h6-7,10-11,14,19H,2-5,8-9,12-13H2,1H3. The molecule has 1 heterocycles. The number of aromatic amines is 1. The quantitative estimate of drug-likeness (QED) is 0.686. The summed E-state index contributed by atoms with van der Waals surface area (Å²) in [5, 5.41) is 1.36. The molecule has 0 radical (unpaired) electrons. The van der Waals surface area contributed by atoms with Crippen molar-refractivity contribution in [3.05, 3.63) is 36.0 Å². The van der Waals surface area contributed by atoms with Gasteiger partial charge in [-0.1, -0.05) is 63.6 Å². The molecule has 0 bridgehead atoms. The number of H-pyrrole nitrogens is 1. The minimum Gasteiger partial charge on any atom is -0.358 e. The Morgan fingerprint density at radius 3 is 2.21 bits per heavy atom. The lowest BCUT2D eigenvalue weighted by atomic mass is 9.78. The molecule has 3 rings (SSSR count). The molecule has 0 atom stereocenters. The van der Waals surface area contributed by atoms with Crippen molar-refractivity contribution in [3.8, 4) is 0 Å². The smallest absolute Gasteiger partial charge is 0.0456 e. The largest absolute Gasteiger partial charge is 0.358 e. The minimum atomic E-state index is 0.351. The van der Waals surface area contributed by atoms with Gasteiger partial charge >= 0.3 is 0 Å². The van der Waals surface area contributed by atoms with Crippen LogP contribution >= 0.6 is 0 Å². The average molecular weight is 255 g/mol. The van der Waals surface area contributed by atoms with Crippen molar-refractivity contribution in [3.63, 3.8) is 0 Å². The monoisotopic (exact) mass is 255 g/mol. The summed E-state index contributed by atoms with van der Waals surface area (Å²) in [5.41, 5.74) is 3.10. The van der Waals surface area contributed by atoms with Gasteiger partial charge in [0.05, 0.1) is 0 Å². The van der Waals surface area contributed by atoms with E-state index in [1.165, 1.54) is 68.0 Å². The molecule has 1 heteroatoms. The van der Waals surface area contributed by atoms with Gasteiger partial charge in [-0.2, -0.15) is 0 Å². The lowest BCUT2D eigenvalue weighted by molar-refractivity contribution is 0.373. The van der Waals surface area contributed by atoms with Gasteiger partial charge < -0.3 is 4.98 Å². The number of hydrogen-bond acceptors (Lipinski definition) is 0. The number of fused-ring (bicyclic) bond motifs is 1. The summed E-state index contributed by atoms with van der Waals surface area (Å²) in [5.74, 6) is 0. The Bertz CT molecular complexity index is 494. The fourth-order valence-electron chi connectivity index (χ4n) is 3.53. The number of aromatic nitrogens is 1. The van der Waals surface area contributed by atoms with Crippen molar-refractivity contribution < 1.29 is 0 Å². The molecule has 0 amide bonds. The maximum atomic E-state index is 3.67. The second-order valence-corrected chi connectivity index (χ2v) is 6.45. The van der Waals surface area contributed by atoms with Crippen LogP contribution in [-0.2, 0) is 5.41 Å². The summed E-state index contributed by atoms with van der Waals surface area (Å²) in [7, 11) is 0. The Balaban J connectivity index is 1.91. The summed E-state index contributed by atoms with van der Waals surface area (Å²) in [6.07, 6.45) is 11.1. The number of benzene rings is 1. The van der Waals surface area contributed by atoms with E-state index in [0.717, 1.165) is 0 Å². The second kappa shape index (κ2) is 5.40. The highest BCUT2D eigenvalue weighted by Crippen LogP contribution is 2.37. The number of nitrogens with one attached hydrogen (secondary N) is 1. The van der Waals surface area contributed by atoms with E-state index in [4.69, 9.17) is 0 Å². The van der Waals surface area contributed by atoms with Gasteiger partial charge in [-0.05, 0) is 30.4 Å². The van der Waals surface area contributed by atoms with Gasteiger partial charge in [0.15, 0.2) is 0 Å². The number of hydrogen-bond donors (Lipinski definition) is 1. The van der Waals surface area contributed by atoms with E-state index in [9.17, 15) is 0 Å². The van der Waals surface area contributed by atoms with E-state index in [0.29, 0.717) is 5.41 Å². The maximum absolute atomic E-state index is 3.67. The Kier molecular flexibility index (Phi) is 3.63. The van der Waals surface area contributed by atoms with E-state index < -0.39 is 0 Å². The predicted molar refractivity (Wildman–Crippen MR) is 82.6 cm³/mol. The number of para-hydroxylation sites is 1. The Morgan fingerprint density at radius 2 is 1.53 bits per heavy atom. The first-order valence-corrected chi connectivity index (χ1v) is 7.86. The third kappa shape index (κ3) is 2.70. The first kappa shape index (κ1) is 12.8. The van der Waals surface area contributed by atoms with Crippen LogP contribution in [0.15, 0.2) is 30.3 Å². The van der Waals surface area contributed by atoms with E-state index >= 15 is 0 Å². The molecule has 102 valence electrons. The van der Waals surface area contributed by atoms with Crippen molar-refractivity contribution in [2.45, 2.75) is 63.7 Å². The SMILES string of the molecule is CC1(c2cc3ccccc3[nH]2)CCCCCCCC1. The van der Waals surface area contributed by atoms with Crippen LogP contribution in [0.1, 0.15) is 64.0 Å². The third-order valence-corrected chi connectivity index (χ3v) is 4.89. The molecule has 0 saturated heterocycles. The molecule has 1 fully saturated rings. The molecule has 19 heavy (non-hydrogen) atoms. The van der Waals surface area contributed by atoms with Gasteiger partial charge in [0, 0.05) is 16.6 Å². The summed E-state index contributed by atoms with van der Waals surface area (Å²) < 4.78 is 0. The van der Waals surface area contributed by atoms with E-state index in [1.54, 1.807) is 0 Å². The van der Waals surface area contributed by atoms with Crippen LogP contribution in [0.4, 0.5) is 0 Å². The average Bonchev–Trinajstić information content (AvgIpc) is 2.88. The van der Waals surface area contributed by atoms with Crippen LogP contribution in [0, 0.1) is 0 Å². The molecule has 1 aromatic heterocycles. The first-order valence-electron chi connectivity index (χ1n) is 7.86. The zero-order valence-corrected chi connectivity index (χ0v) is 12.0. The normalized spacial score (nSPS) is 20.7. The van der Waals surface area contributed by atoms with Crippen molar-refractivity contribution >= 4 is 10.9 Å². The lowest BCUT2D eigenvalue weighted by Crippen LogP contribution is -2.22. The molecule has 0 spiro atoms. The molecule has 1 aliphatic rings.